The second kappa shape index (κ2) is 9.09. The molecule has 0 aromatic heterocycles. The maximum Gasteiger partial charge on any atom is 0.109 e. The van der Waals surface area contributed by atoms with E-state index in [0.29, 0.717) is 25.9 Å². The molecule has 2 unspecified atom stereocenters. The fourth-order valence-corrected chi connectivity index (χ4v) is 1.62. The molecule has 0 radical (unpaired) electrons. The van der Waals surface area contributed by atoms with Crippen LogP contribution in [0.2, 0.25) is 0 Å². The third kappa shape index (κ3) is 6.10. The third-order valence-electron chi connectivity index (χ3n) is 2.48. The van der Waals surface area contributed by atoms with Gasteiger partial charge in [0.05, 0.1) is 0 Å². The van der Waals surface area contributed by atoms with Gasteiger partial charge in [-0.3, -0.25) is 4.90 Å². The topological polar surface area (TPSA) is 69.7 Å². The van der Waals surface area contributed by atoms with Gasteiger partial charge < -0.3 is 15.9 Å². The Balaban J connectivity index is 4.14. The molecule has 0 aliphatic heterocycles. The van der Waals surface area contributed by atoms with Gasteiger partial charge in [0.1, 0.15) is 12.5 Å². The van der Waals surface area contributed by atoms with Crippen LogP contribution < -0.4 is 5.73 Å². The van der Waals surface area contributed by atoms with Crippen molar-refractivity contribution in [2.24, 2.45) is 5.73 Å². The summed E-state index contributed by atoms with van der Waals surface area (Å²) >= 11 is 0. The van der Waals surface area contributed by atoms with Gasteiger partial charge in [-0.15, -0.1) is 0 Å². The molecule has 4 nitrogen and oxygen atoms in total. The highest BCUT2D eigenvalue weighted by Crippen LogP contribution is 2.11. The lowest BCUT2D eigenvalue weighted by atomic mass is 10.2. The van der Waals surface area contributed by atoms with Crippen LogP contribution in [0, 0.1) is 0 Å². The molecule has 0 aromatic rings. The van der Waals surface area contributed by atoms with Gasteiger partial charge in [0.15, 0.2) is 0 Å². The zero-order chi connectivity index (χ0) is 11.7. The molecule has 0 spiro atoms. The number of aliphatic hydroxyl groups excluding tert-OH is 2. The molecule has 0 aromatic carbocycles. The summed E-state index contributed by atoms with van der Waals surface area (Å²) in [6, 6.07) is 0. The lowest BCUT2D eigenvalue weighted by molar-refractivity contribution is -0.107. The van der Waals surface area contributed by atoms with Gasteiger partial charge in [0.25, 0.3) is 0 Å². The smallest absolute Gasteiger partial charge is 0.109 e. The summed E-state index contributed by atoms with van der Waals surface area (Å²) in [5, 5.41) is 19.7. The lowest BCUT2D eigenvalue weighted by Crippen LogP contribution is -2.44. The zero-order valence-corrected chi connectivity index (χ0v) is 10.0. The Morgan fingerprint density at radius 3 is 1.87 bits per heavy atom. The Morgan fingerprint density at radius 1 is 1.07 bits per heavy atom. The summed E-state index contributed by atoms with van der Waals surface area (Å²) in [7, 11) is 0. The molecule has 0 aliphatic rings. The van der Waals surface area contributed by atoms with Crippen LogP contribution in [-0.2, 0) is 0 Å². The Bertz CT molecular complexity index is 133. The Labute approximate surface area is 93.1 Å². The van der Waals surface area contributed by atoms with E-state index in [9.17, 15) is 10.2 Å². The average molecular weight is 218 g/mol. The molecule has 0 bridgehead atoms. The maximum absolute atomic E-state index is 9.86. The van der Waals surface area contributed by atoms with E-state index in [1.54, 1.807) is 4.90 Å². The van der Waals surface area contributed by atoms with Crippen LogP contribution in [0.4, 0.5) is 0 Å². The van der Waals surface area contributed by atoms with E-state index in [4.69, 9.17) is 5.73 Å². The van der Waals surface area contributed by atoms with Crippen LogP contribution in [0.25, 0.3) is 0 Å². The molecular formula is C11H26N2O2. The van der Waals surface area contributed by atoms with Gasteiger partial charge in [-0.2, -0.15) is 0 Å². The Hall–Kier alpha value is -0.160. The Morgan fingerprint density at radius 2 is 1.53 bits per heavy atom. The number of hydrogen-bond acceptors (Lipinski definition) is 4. The van der Waals surface area contributed by atoms with Gasteiger partial charge in [-0.05, 0) is 25.8 Å². The quantitative estimate of drug-likeness (QED) is 0.502. The van der Waals surface area contributed by atoms with Crippen LogP contribution in [0.15, 0.2) is 0 Å². The molecule has 0 heterocycles. The monoisotopic (exact) mass is 218 g/mol. The van der Waals surface area contributed by atoms with Gasteiger partial charge in [0, 0.05) is 6.54 Å². The number of nitrogens with two attached hydrogens (primary N) is 1. The second-order valence-corrected chi connectivity index (χ2v) is 3.92. The average Bonchev–Trinajstić information content (AvgIpc) is 2.19. The van der Waals surface area contributed by atoms with E-state index < -0.39 is 12.5 Å². The summed E-state index contributed by atoms with van der Waals surface area (Å²) in [6.07, 6.45) is 2.96. The Kier molecular flexibility index (Phi) is 9.00. The van der Waals surface area contributed by atoms with Gasteiger partial charge in [-0.1, -0.05) is 26.7 Å². The minimum absolute atomic E-state index is 0.539. The number of hydrogen-bond donors (Lipinski definition) is 3. The van der Waals surface area contributed by atoms with E-state index in [2.05, 4.69) is 0 Å². The fourth-order valence-electron chi connectivity index (χ4n) is 1.62. The summed E-state index contributed by atoms with van der Waals surface area (Å²) in [4.78, 5) is 1.75. The summed E-state index contributed by atoms with van der Waals surface area (Å²) in [6.45, 7) is 5.31. The van der Waals surface area contributed by atoms with E-state index in [1.807, 2.05) is 13.8 Å². The van der Waals surface area contributed by atoms with Crippen molar-refractivity contribution in [3.63, 3.8) is 0 Å². The zero-order valence-electron chi connectivity index (χ0n) is 10.0. The highest BCUT2D eigenvalue weighted by molar-refractivity contribution is 4.66. The van der Waals surface area contributed by atoms with Crippen molar-refractivity contribution in [2.75, 3.05) is 13.1 Å². The van der Waals surface area contributed by atoms with Crippen molar-refractivity contribution >= 4 is 0 Å². The summed E-state index contributed by atoms with van der Waals surface area (Å²) < 4.78 is 0. The maximum atomic E-state index is 9.86. The largest absolute Gasteiger partial charge is 0.378 e. The first-order chi connectivity index (χ1) is 7.17. The molecule has 0 rings (SSSR count). The van der Waals surface area contributed by atoms with Crippen LogP contribution in [-0.4, -0.2) is 40.7 Å². The highest BCUT2D eigenvalue weighted by atomic mass is 16.3. The van der Waals surface area contributed by atoms with Gasteiger partial charge in [-0.25, -0.2) is 0 Å². The highest BCUT2D eigenvalue weighted by Gasteiger charge is 2.20. The van der Waals surface area contributed by atoms with Crippen LogP contribution in [0.5, 0.6) is 0 Å². The molecule has 0 saturated heterocycles. The molecule has 0 amide bonds. The number of aliphatic hydroxyl groups is 2. The van der Waals surface area contributed by atoms with Crippen LogP contribution >= 0.6 is 0 Å². The lowest BCUT2D eigenvalue weighted by Gasteiger charge is -2.32. The summed E-state index contributed by atoms with van der Waals surface area (Å²) in [5.74, 6) is 0. The molecule has 4 heteroatoms. The molecule has 92 valence electrons. The first-order valence-corrected chi connectivity index (χ1v) is 5.99. The van der Waals surface area contributed by atoms with Crippen molar-refractivity contribution in [3.8, 4) is 0 Å². The normalized spacial score (nSPS) is 15.6. The minimum atomic E-state index is -0.539. The predicted octanol–water partition coefficient (Wildman–Crippen LogP) is 0.874. The standard InChI is InChI=1S/C11H26N2O2/c1-3-6-10(14)13(9-5-8-12)11(15)7-4-2/h10-11,14-15H,3-9,12H2,1-2H3. The van der Waals surface area contributed by atoms with Crippen LogP contribution in [0.1, 0.15) is 46.0 Å². The van der Waals surface area contributed by atoms with E-state index >= 15 is 0 Å². The SMILES string of the molecule is CCCC(O)N(CCCN)C(O)CCC. The first-order valence-electron chi connectivity index (χ1n) is 5.99. The van der Waals surface area contributed by atoms with Crippen molar-refractivity contribution in [2.45, 2.75) is 58.4 Å². The number of nitrogens with zero attached hydrogens (tertiary/aromatic N) is 1. The second-order valence-electron chi connectivity index (χ2n) is 3.92. The minimum Gasteiger partial charge on any atom is -0.378 e. The number of rotatable bonds is 9. The molecule has 15 heavy (non-hydrogen) atoms. The van der Waals surface area contributed by atoms with Crippen molar-refractivity contribution in [1.29, 1.82) is 0 Å². The van der Waals surface area contributed by atoms with E-state index in [1.165, 1.54) is 0 Å². The summed E-state index contributed by atoms with van der Waals surface area (Å²) in [5.41, 5.74) is 5.44. The predicted molar refractivity (Wildman–Crippen MR) is 62.2 cm³/mol. The molecule has 0 saturated carbocycles. The van der Waals surface area contributed by atoms with Crippen molar-refractivity contribution < 1.29 is 10.2 Å². The van der Waals surface area contributed by atoms with Crippen molar-refractivity contribution in [3.05, 3.63) is 0 Å². The molecule has 0 fully saturated rings. The van der Waals surface area contributed by atoms with E-state index in [-0.39, 0.29) is 0 Å². The van der Waals surface area contributed by atoms with E-state index in [0.717, 1.165) is 19.3 Å². The van der Waals surface area contributed by atoms with Crippen molar-refractivity contribution in [1.82, 2.24) is 4.90 Å². The molecular weight excluding hydrogens is 192 g/mol. The fraction of sp³-hybridized carbons (Fsp3) is 1.00. The van der Waals surface area contributed by atoms with Crippen LogP contribution in [0.3, 0.4) is 0 Å². The van der Waals surface area contributed by atoms with Gasteiger partial charge >= 0.3 is 0 Å². The molecule has 4 N–H and O–H groups in total. The molecule has 0 aliphatic carbocycles. The van der Waals surface area contributed by atoms with Gasteiger partial charge in [0.2, 0.25) is 0 Å². The first kappa shape index (κ1) is 14.8. The molecule has 2 atom stereocenters. The third-order valence-corrected chi connectivity index (χ3v) is 2.48.